The number of hydrazine groups is 1. The van der Waals surface area contributed by atoms with Crippen molar-refractivity contribution in [1.82, 2.24) is 0 Å². The van der Waals surface area contributed by atoms with Crippen molar-refractivity contribution < 1.29 is 22.3 Å². The predicted octanol–water partition coefficient (Wildman–Crippen LogP) is 2.01. The van der Waals surface area contributed by atoms with Gasteiger partial charge in [0, 0.05) is 6.07 Å². The third-order valence-electron chi connectivity index (χ3n) is 1.32. The van der Waals surface area contributed by atoms with Gasteiger partial charge < -0.3 is 10.2 Å². The summed E-state index contributed by atoms with van der Waals surface area (Å²) in [4.78, 5) is 0. The van der Waals surface area contributed by atoms with E-state index in [2.05, 4.69) is 10.2 Å². The molecule has 1 aromatic rings. The largest absolute Gasteiger partial charge is 0.573 e. The van der Waals surface area contributed by atoms with Gasteiger partial charge in [0.15, 0.2) is 11.6 Å². The fourth-order valence-electron chi connectivity index (χ4n) is 0.798. The van der Waals surface area contributed by atoms with Crippen LogP contribution in [0.25, 0.3) is 0 Å². The number of halogens is 4. The van der Waals surface area contributed by atoms with Crippen molar-refractivity contribution in [2.24, 2.45) is 5.84 Å². The van der Waals surface area contributed by atoms with Crippen LogP contribution in [0, 0.1) is 5.82 Å². The Morgan fingerprint density at radius 3 is 2.36 bits per heavy atom. The number of benzene rings is 1. The molecule has 0 atom stereocenters. The molecule has 0 aliphatic heterocycles. The average Bonchev–Trinajstić information content (AvgIpc) is 2.06. The van der Waals surface area contributed by atoms with Gasteiger partial charge in [0.2, 0.25) is 0 Å². The molecule has 78 valence electrons. The second-order valence-electron chi connectivity index (χ2n) is 2.34. The van der Waals surface area contributed by atoms with Gasteiger partial charge in [0.25, 0.3) is 0 Å². The summed E-state index contributed by atoms with van der Waals surface area (Å²) in [6.45, 7) is 0. The normalized spacial score (nSPS) is 11.2. The van der Waals surface area contributed by atoms with E-state index >= 15 is 0 Å². The molecule has 1 rings (SSSR count). The Hall–Kier alpha value is -1.50. The summed E-state index contributed by atoms with van der Waals surface area (Å²) in [5.41, 5.74) is 2.23. The van der Waals surface area contributed by atoms with E-state index in [0.717, 1.165) is 18.2 Å². The van der Waals surface area contributed by atoms with Crippen LogP contribution in [0.5, 0.6) is 5.75 Å². The lowest BCUT2D eigenvalue weighted by Crippen LogP contribution is -2.18. The highest BCUT2D eigenvalue weighted by molar-refractivity contribution is 5.46. The number of nitrogens with one attached hydrogen (secondary N) is 1. The minimum absolute atomic E-state index is 0.150. The molecule has 1 aromatic carbocycles. The standard InChI is InChI=1S/C7H6F4N2O/c8-5-3-4(13-12)1-2-6(5)14-7(9,10)11/h1-3,13H,12H2. The summed E-state index contributed by atoms with van der Waals surface area (Å²) in [6.07, 6.45) is -4.90. The number of nitrogen functional groups attached to an aromatic ring is 1. The van der Waals surface area contributed by atoms with Crippen molar-refractivity contribution >= 4 is 5.69 Å². The Morgan fingerprint density at radius 1 is 1.29 bits per heavy atom. The molecule has 0 heterocycles. The van der Waals surface area contributed by atoms with Crippen LogP contribution in [0.15, 0.2) is 18.2 Å². The van der Waals surface area contributed by atoms with Crippen LogP contribution < -0.4 is 16.0 Å². The lowest BCUT2D eigenvalue weighted by Gasteiger charge is -2.10. The van der Waals surface area contributed by atoms with E-state index in [9.17, 15) is 17.6 Å². The van der Waals surface area contributed by atoms with Crippen LogP contribution in [-0.4, -0.2) is 6.36 Å². The van der Waals surface area contributed by atoms with Crippen LogP contribution in [0.3, 0.4) is 0 Å². The van der Waals surface area contributed by atoms with Gasteiger partial charge in [-0.05, 0) is 12.1 Å². The second kappa shape index (κ2) is 3.70. The minimum atomic E-state index is -4.90. The molecule has 0 aliphatic rings. The zero-order valence-corrected chi connectivity index (χ0v) is 6.73. The van der Waals surface area contributed by atoms with Crippen molar-refractivity contribution in [2.45, 2.75) is 6.36 Å². The zero-order valence-electron chi connectivity index (χ0n) is 6.73. The smallest absolute Gasteiger partial charge is 0.403 e. The molecule has 0 saturated carbocycles. The summed E-state index contributed by atoms with van der Waals surface area (Å²) in [5.74, 6) is 2.88. The van der Waals surface area contributed by atoms with E-state index in [0.29, 0.717) is 0 Å². The van der Waals surface area contributed by atoms with Gasteiger partial charge in [-0.3, -0.25) is 5.84 Å². The van der Waals surface area contributed by atoms with E-state index in [4.69, 9.17) is 5.84 Å². The fraction of sp³-hybridized carbons (Fsp3) is 0.143. The topological polar surface area (TPSA) is 47.3 Å². The van der Waals surface area contributed by atoms with Gasteiger partial charge in [-0.25, -0.2) is 4.39 Å². The number of hydrogen-bond acceptors (Lipinski definition) is 3. The Labute approximate surface area is 76.4 Å². The molecule has 0 aromatic heterocycles. The van der Waals surface area contributed by atoms with Crippen molar-refractivity contribution in [3.8, 4) is 5.75 Å². The van der Waals surface area contributed by atoms with Crippen molar-refractivity contribution in [1.29, 1.82) is 0 Å². The highest BCUT2D eigenvalue weighted by atomic mass is 19.4. The lowest BCUT2D eigenvalue weighted by atomic mass is 10.3. The molecule has 0 unspecified atom stereocenters. The molecule has 14 heavy (non-hydrogen) atoms. The van der Waals surface area contributed by atoms with Crippen LogP contribution in [0.2, 0.25) is 0 Å². The van der Waals surface area contributed by atoms with Gasteiger partial charge in [-0.1, -0.05) is 0 Å². The third-order valence-corrected chi connectivity index (χ3v) is 1.32. The van der Waals surface area contributed by atoms with Crippen LogP contribution >= 0.6 is 0 Å². The van der Waals surface area contributed by atoms with E-state index in [1.54, 1.807) is 0 Å². The number of hydrogen-bond donors (Lipinski definition) is 2. The van der Waals surface area contributed by atoms with Gasteiger partial charge in [0.05, 0.1) is 5.69 Å². The predicted molar refractivity (Wildman–Crippen MR) is 40.9 cm³/mol. The first-order chi connectivity index (χ1) is 6.42. The lowest BCUT2D eigenvalue weighted by molar-refractivity contribution is -0.275. The maximum atomic E-state index is 12.8. The van der Waals surface area contributed by atoms with Gasteiger partial charge >= 0.3 is 6.36 Å². The number of nitrogens with two attached hydrogens (primary N) is 1. The van der Waals surface area contributed by atoms with Crippen LogP contribution in [0.4, 0.5) is 23.2 Å². The molecular weight excluding hydrogens is 204 g/mol. The Balaban J connectivity index is 2.89. The zero-order chi connectivity index (χ0) is 10.8. The van der Waals surface area contributed by atoms with Gasteiger partial charge in [0.1, 0.15) is 0 Å². The highest BCUT2D eigenvalue weighted by Gasteiger charge is 2.32. The van der Waals surface area contributed by atoms with Gasteiger partial charge in [-0.2, -0.15) is 0 Å². The molecule has 0 bridgehead atoms. The van der Waals surface area contributed by atoms with Crippen LogP contribution in [0.1, 0.15) is 0 Å². The van der Waals surface area contributed by atoms with E-state index < -0.39 is 17.9 Å². The molecule has 3 N–H and O–H groups in total. The summed E-state index contributed by atoms with van der Waals surface area (Å²) < 4.78 is 51.3. The summed E-state index contributed by atoms with van der Waals surface area (Å²) in [6, 6.07) is 2.78. The maximum absolute atomic E-state index is 12.8. The molecule has 0 saturated heterocycles. The molecule has 0 radical (unpaired) electrons. The second-order valence-corrected chi connectivity index (χ2v) is 2.34. The third kappa shape index (κ3) is 2.77. The monoisotopic (exact) mass is 210 g/mol. The number of alkyl halides is 3. The van der Waals surface area contributed by atoms with E-state index in [1.807, 2.05) is 0 Å². The van der Waals surface area contributed by atoms with Crippen molar-refractivity contribution in [3.05, 3.63) is 24.0 Å². The quantitative estimate of drug-likeness (QED) is 0.446. The van der Waals surface area contributed by atoms with Gasteiger partial charge in [-0.15, -0.1) is 13.2 Å². The molecule has 0 aliphatic carbocycles. The first-order valence-electron chi connectivity index (χ1n) is 3.44. The Morgan fingerprint density at radius 2 is 1.93 bits per heavy atom. The van der Waals surface area contributed by atoms with E-state index in [-0.39, 0.29) is 5.69 Å². The average molecular weight is 210 g/mol. The Kier molecular flexibility index (Phi) is 2.80. The SMILES string of the molecule is NNc1ccc(OC(F)(F)F)c(F)c1. The van der Waals surface area contributed by atoms with Crippen molar-refractivity contribution in [2.75, 3.05) is 5.43 Å². The fourth-order valence-corrected chi connectivity index (χ4v) is 0.798. The maximum Gasteiger partial charge on any atom is 0.573 e. The highest BCUT2D eigenvalue weighted by Crippen LogP contribution is 2.26. The Bertz CT molecular complexity index is 326. The number of rotatable bonds is 2. The molecular formula is C7H6F4N2O. The summed E-state index contributed by atoms with van der Waals surface area (Å²) in [5, 5.41) is 0. The molecule has 7 heteroatoms. The number of ether oxygens (including phenoxy) is 1. The summed E-state index contributed by atoms with van der Waals surface area (Å²) in [7, 11) is 0. The molecule has 3 nitrogen and oxygen atoms in total. The summed E-state index contributed by atoms with van der Waals surface area (Å²) >= 11 is 0. The van der Waals surface area contributed by atoms with Crippen LogP contribution in [-0.2, 0) is 0 Å². The first-order valence-corrected chi connectivity index (χ1v) is 3.44. The minimum Gasteiger partial charge on any atom is -0.403 e. The first kappa shape index (κ1) is 10.6. The number of anilines is 1. The molecule has 0 spiro atoms. The molecule has 0 amide bonds. The van der Waals surface area contributed by atoms with Crippen molar-refractivity contribution in [3.63, 3.8) is 0 Å². The van der Waals surface area contributed by atoms with E-state index in [1.165, 1.54) is 0 Å². The molecule has 0 fully saturated rings.